The van der Waals surface area contributed by atoms with Gasteiger partial charge in [0.25, 0.3) is 5.56 Å². The number of benzene rings is 2. The molecule has 0 radical (unpaired) electrons. The molecule has 0 unspecified atom stereocenters. The van der Waals surface area contributed by atoms with Crippen molar-refractivity contribution in [2.45, 2.75) is 25.7 Å². The Balaban J connectivity index is 1.51. The maximum Gasteiger partial charge on any atom is 0.270 e. The van der Waals surface area contributed by atoms with Crippen LogP contribution in [0.1, 0.15) is 35.8 Å². The smallest absolute Gasteiger partial charge is 0.270 e. The lowest BCUT2D eigenvalue weighted by molar-refractivity contribution is 0.407. The van der Waals surface area contributed by atoms with E-state index in [9.17, 15) is 10.1 Å². The van der Waals surface area contributed by atoms with Gasteiger partial charge in [-0.2, -0.15) is 5.26 Å². The number of aromatic nitrogens is 2. The highest BCUT2D eigenvalue weighted by molar-refractivity contribution is 5.96. The molecule has 1 saturated heterocycles. The third-order valence-electron chi connectivity index (χ3n) is 6.41. The number of rotatable bonds is 3. The van der Waals surface area contributed by atoms with E-state index in [-0.39, 0.29) is 17.0 Å². The zero-order valence-corrected chi connectivity index (χ0v) is 18.4. The Morgan fingerprint density at radius 2 is 1.97 bits per heavy atom. The number of oxazole rings is 1. The SMILES string of the molecule is COc1ccc2c(c1)c(N1CCC(c3nc4cc(C)ccc4o3)CC1)c(C#N)c(=O)n2C. The molecule has 0 aliphatic carbocycles. The van der Waals surface area contributed by atoms with E-state index < -0.39 is 0 Å². The maximum absolute atomic E-state index is 12.9. The number of anilines is 1. The summed E-state index contributed by atoms with van der Waals surface area (Å²) in [4.78, 5) is 19.8. The Labute approximate surface area is 185 Å². The number of fused-ring (bicyclic) bond motifs is 2. The molecule has 1 fully saturated rings. The van der Waals surface area contributed by atoms with Crippen LogP contribution in [0.4, 0.5) is 5.69 Å². The molecule has 0 N–H and O–H groups in total. The minimum Gasteiger partial charge on any atom is -0.497 e. The van der Waals surface area contributed by atoms with E-state index in [2.05, 4.69) is 11.0 Å². The molecule has 2 aromatic heterocycles. The molecule has 4 aromatic rings. The fourth-order valence-electron chi connectivity index (χ4n) is 4.65. The highest BCUT2D eigenvalue weighted by Gasteiger charge is 2.28. The van der Waals surface area contributed by atoms with Crippen LogP contribution in [0.15, 0.2) is 45.6 Å². The fourth-order valence-corrected chi connectivity index (χ4v) is 4.65. The van der Waals surface area contributed by atoms with Crippen LogP contribution in [0, 0.1) is 18.3 Å². The van der Waals surface area contributed by atoms with Crippen molar-refractivity contribution in [2.75, 3.05) is 25.1 Å². The summed E-state index contributed by atoms with van der Waals surface area (Å²) in [6, 6.07) is 13.8. The summed E-state index contributed by atoms with van der Waals surface area (Å²) in [7, 11) is 3.31. The lowest BCUT2D eigenvalue weighted by atomic mass is 9.95. The summed E-state index contributed by atoms with van der Waals surface area (Å²) in [5.41, 5.74) is 4.21. The molecule has 0 amide bonds. The predicted octanol–water partition coefficient (Wildman–Crippen LogP) is 4.25. The molecule has 2 aromatic carbocycles. The predicted molar refractivity (Wildman–Crippen MR) is 123 cm³/mol. The first kappa shape index (κ1) is 20.1. The molecule has 0 saturated carbocycles. The molecule has 0 spiro atoms. The van der Waals surface area contributed by atoms with Crippen molar-refractivity contribution < 1.29 is 9.15 Å². The van der Waals surface area contributed by atoms with Gasteiger partial charge in [0.2, 0.25) is 0 Å². The number of nitriles is 1. The molecule has 162 valence electrons. The minimum atomic E-state index is -0.281. The van der Waals surface area contributed by atoms with Crippen molar-refractivity contribution >= 4 is 27.7 Å². The first-order valence-electron chi connectivity index (χ1n) is 10.7. The summed E-state index contributed by atoms with van der Waals surface area (Å²) < 4.78 is 13.0. The normalized spacial score (nSPS) is 14.8. The number of piperidine rings is 1. The van der Waals surface area contributed by atoms with Crippen LogP contribution in [-0.2, 0) is 7.05 Å². The number of ether oxygens (including phenoxy) is 1. The molecule has 1 aliphatic heterocycles. The number of hydrogen-bond donors (Lipinski definition) is 0. The quantitative estimate of drug-likeness (QED) is 0.485. The zero-order valence-electron chi connectivity index (χ0n) is 18.4. The Hall–Kier alpha value is -3.79. The van der Waals surface area contributed by atoms with Gasteiger partial charge in [-0.1, -0.05) is 6.07 Å². The third-order valence-corrected chi connectivity index (χ3v) is 6.41. The summed E-state index contributed by atoms with van der Waals surface area (Å²) in [6.45, 7) is 3.45. The largest absolute Gasteiger partial charge is 0.497 e. The summed E-state index contributed by atoms with van der Waals surface area (Å²) >= 11 is 0. The van der Waals surface area contributed by atoms with Gasteiger partial charge in [-0.05, 0) is 55.7 Å². The molecule has 0 atom stereocenters. The molecule has 7 nitrogen and oxygen atoms in total. The van der Waals surface area contributed by atoms with E-state index in [0.29, 0.717) is 24.5 Å². The third kappa shape index (κ3) is 3.19. The molecular weight excluding hydrogens is 404 g/mol. The molecule has 32 heavy (non-hydrogen) atoms. The number of nitrogens with zero attached hydrogens (tertiary/aromatic N) is 4. The van der Waals surface area contributed by atoms with Gasteiger partial charge in [0.05, 0.1) is 18.3 Å². The number of aryl methyl sites for hydroxylation is 2. The second kappa shape index (κ2) is 7.72. The van der Waals surface area contributed by atoms with Crippen LogP contribution < -0.4 is 15.2 Å². The van der Waals surface area contributed by atoms with E-state index in [4.69, 9.17) is 14.1 Å². The van der Waals surface area contributed by atoms with E-state index in [1.54, 1.807) is 14.2 Å². The van der Waals surface area contributed by atoms with E-state index >= 15 is 0 Å². The Morgan fingerprint density at radius 1 is 1.19 bits per heavy atom. The summed E-state index contributed by atoms with van der Waals surface area (Å²) in [5.74, 6) is 1.66. The maximum atomic E-state index is 12.9. The van der Waals surface area contributed by atoms with Crippen LogP contribution in [0.3, 0.4) is 0 Å². The standard InChI is InChI=1S/C25H24N4O3/c1-15-4-7-22-20(12-15)27-24(32-22)16-8-10-29(11-9-16)23-18-13-17(31-3)5-6-21(18)28(2)25(30)19(23)14-26/h4-7,12-13,16H,8-11H2,1-3H3. The van der Waals surface area contributed by atoms with E-state index in [1.165, 1.54) is 4.57 Å². The molecule has 7 heteroatoms. The molecule has 3 heterocycles. The number of pyridine rings is 1. The molecule has 5 rings (SSSR count). The van der Waals surface area contributed by atoms with Gasteiger partial charge in [-0.25, -0.2) is 4.98 Å². The van der Waals surface area contributed by atoms with Gasteiger partial charge in [0, 0.05) is 31.4 Å². The second-order valence-electron chi connectivity index (χ2n) is 8.37. The summed E-state index contributed by atoms with van der Waals surface area (Å²) in [6.07, 6.45) is 1.66. The van der Waals surface area contributed by atoms with Gasteiger partial charge in [0.15, 0.2) is 11.5 Å². The van der Waals surface area contributed by atoms with Crippen molar-refractivity contribution in [3.63, 3.8) is 0 Å². The fraction of sp³-hybridized carbons (Fsp3) is 0.320. The van der Waals surface area contributed by atoms with Gasteiger partial charge < -0.3 is 18.6 Å². The number of methoxy groups -OCH3 is 1. The second-order valence-corrected chi connectivity index (χ2v) is 8.37. The van der Waals surface area contributed by atoms with Crippen LogP contribution >= 0.6 is 0 Å². The van der Waals surface area contributed by atoms with Crippen molar-refractivity contribution in [1.82, 2.24) is 9.55 Å². The zero-order chi connectivity index (χ0) is 22.4. The van der Waals surface area contributed by atoms with Crippen LogP contribution in [-0.4, -0.2) is 29.8 Å². The lowest BCUT2D eigenvalue weighted by Gasteiger charge is -2.33. The van der Waals surface area contributed by atoms with Crippen molar-refractivity contribution in [2.24, 2.45) is 7.05 Å². The first-order valence-corrected chi connectivity index (χ1v) is 10.7. The van der Waals surface area contributed by atoms with Gasteiger partial charge in [-0.15, -0.1) is 0 Å². The highest BCUT2D eigenvalue weighted by atomic mass is 16.5. The minimum absolute atomic E-state index is 0.170. The topological polar surface area (TPSA) is 84.3 Å². The van der Waals surface area contributed by atoms with Crippen LogP contribution in [0.25, 0.3) is 22.0 Å². The lowest BCUT2D eigenvalue weighted by Crippen LogP contribution is -2.35. The summed E-state index contributed by atoms with van der Waals surface area (Å²) in [5, 5.41) is 10.7. The Bertz CT molecular complexity index is 1440. The van der Waals surface area contributed by atoms with Gasteiger partial charge >= 0.3 is 0 Å². The molecule has 0 bridgehead atoms. The average Bonchev–Trinajstić information content (AvgIpc) is 3.24. The number of hydrogen-bond acceptors (Lipinski definition) is 6. The van der Waals surface area contributed by atoms with Crippen molar-refractivity contribution in [1.29, 1.82) is 5.26 Å². The molecular formula is C25H24N4O3. The molecule has 1 aliphatic rings. The average molecular weight is 428 g/mol. The van der Waals surface area contributed by atoms with Crippen LogP contribution in [0.5, 0.6) is 5.75 Å². The van der Waals surface area contributed by atoms with Crippen molar-refractivity contribution in [3.05, 3.63) is 63.8 Å². The monoisotopic (exact) mass is 428 g/mol. The van der Waals surface area contributed by atoms with Crippen molar-refractivity contribution in [3.8, 4) is 11.8 Å². The Morgan fingerprint density at radius 3 is 2.69 bits per heavy atom. The van der Waals surface area contributed by atoms with E-state index in [1.807, 2.05) is 43.3 Å². The van der Waals surface area contributed by atoms with Gasteiger partial charge in [0.1, 0.15) is 22.9 Å². The van der Waals surface area contributed by atoms with Crippen LogP contribution in [0.2, 0.25) is 0 Å². The van der Waals surface area contributed by atoms with Gasteiger partial charge in [-0.3, -0.25) is 4.79 Å². The first-order chi connectivity index (χ1) is 15.5. The Kier molecular flexibility index (Phi) is 4.86. The van der Waals surface area contributed by atoms with E-state index in [0.717, 1.165) is 46.3 Å². The highest BCUT2D eigenvalue weighted by Crippen LogP contribution is 2.36.